The Bertz CT molecular complexity index is 1000. The number of nitrogens with one attached hydrogen (secondary N) is 4. The van der Waals surface area contributed by atoms with Gasteiger partial charge in [0.25, 0.3) is 5.56 Å². The Hall–Kier alpha value is -3.05. The van der Waals surface area contributed by atoms with Gasteiger partial charge in [-0.05, 0) is 23.6 Å². The maximum Gasteiger partial charge on any atom is 0.433 e. The number of hydrogen-bond donors (Lipinski definition) is 4. The molecule has 0 radical (unpaired) electrons. The molecule has 1 aromatic heterocycles. The highest BCUT2D eigenvalue weighted by molar-refractivity contribution is 6.05. The number of anilines is 1. The summed E-state index contributed by atoms with van der Waals surface area (Å²) in [6.07, 6.45) is -9.73. The topological polar surface area (TPSA) is 102 Å². The van der Waals surface area contributed by atoms with E-state index in [2.05, 4.69) is 5.32 Å². The lowest BCUT2D eigenvalue weighted by Gasteiger charge is -2.25. The smallest absolute Gasteiger partial charge is 0.364 e. The SMILES string of the molecule is CC(C)C(Nc1[nH]c(=O)[nH]c(=O)c1C(=N)C(F)(F)F)c1ccc(C(F)(F)F)cc1. The molecule has 158 valence electrons. The summed E-state index contributed by atoms with van der Waals surface area (Å²) < 4.78 is 77.1. The zero-order valence-electron chi connectivity index (χ0n) is 15.0. The number of aromatic amines is 2. The van der Waals surface area contributed by atoms with E-state index >= 15 is 0 Å². The first-order chi connectivity index (χ1) is 13.2. The molecule has 0 saturated heterocycles. The summed E-state index contributed by atoms with van der Waals surface area (Å²) in [6.45, 7) is 3.27. The molecule has 0 fully saturated rings. The quantitative estimate of drug-likeness (QED) is 0.435. The lowest BCUT2D eigenvalue weighted by molar-refractivity contribution is -0.137. The summed E-state index contributed by atoms with van der Waals surface area (Å²) in [6, 6.07) is 3.03. The number of halogens is 6. The molecule has 4 N–H and O–H groups in total. The van der Waals surface area contributed by atoms with Crippen molar-refractivity contribution in [3.05, 3.63) is 61.8 Å². The third-order valence-corrected chi connectivity index (χ3v) is 4.04. The molecule has 12 heteroatoms. The van der Waals surface area contributed by atoms with Crippen LogP contribution in [0.4, 0.5) is 32.2 Å². The molecule has 1 unspecified atom stereocenters. The van der Waals surface area contributed by atoms with Gasteiger partial charge in [0, 0.05) is 0 Å². The summed E-state index contributed by atoms with van der Waals surface area (Å²) in [5.41, 5.74) is -6.27. The zero-order valence-corrected chi connectivity index (χ0v) is 15.0. The van der Waals surface area contributed by atoms with Gasteiger partial charge in [-0.15, -0.1) is 0 Å². The summed E-state index contributed by atoms with van der Waals surface area (Å²) in [5.74, 6) is -1.03. The Kier molecular flexibility index (Phi) is 5.95. The molecule has 0 aliphatic carbocycles. The third-order valence-electron chi connectivity index (χ3n) is 4.04. The van der Waals surface area contributed by atoms with Crippen molar-refractivity contribution in [2.45, 2.75) is 32.2 Å². The van der Waals surface area contributed by atoms with Crippen LogP contribution < -0.4 is 16.6 Å². The number of hydrogen-bond acceptors (Lipinski definition) is 4. The van der Waals surface area contributed by atoms with Gasteiger partial charge in [-0.3, -0.25) is 20.2 Å². The Morgan fingerprint density at radius 1 is 1.00 bits per heavy atom. The van der Waals surface area contributed by atoms with E-state index in [1.165, 1.54) is 0 Å². The molecule has 6 nitrogen and oxygen atoms in total. The van der Waals surface area contributed by atoms with Gasteiger partial charge >= 0.3 is 18.0 Å². The predicted molar refractivity (Wildman–Crippen MR) is 93.2 cm³/mol. The fraction of sp³-hybridized carbons (Fsp3) is 0.353. The van der Waals surface area contributed by atoms with E-state index in [-0.39, 0.29) is 11.5 Å². The lowest BCUT2D eigenvalue weighted by atomic mass is 9.94. The van der Waals surface area contributed by atoms with Crippen molar-refractivity contribution in [3.63, 3.8) is 0 Å². The molecule has 1 atom stereocenters. The van der Waals surface area contributed by atoms with E-state index in [0.29, 0.717) is 0 Å². The van der Waals surface area contributed by atoms with Crippen molar-refractivity contribution < 1.29 is 26.3 Å². The first kappa shape index (κ1) is 22.2. The average Bonchev–Trinajstić information content (AvgIpc) is 2.57. The number of H-pyrrole nitrogens is 2. The summed E-state index contributed by atoms with van der Waals surface area (Å²) in [7, 11) is 0. The Morgan fingerprint density at radius 2 is 1.55 bits per heavy atom. The van der Waals surface area contributed by atoms with Crippen molar-refractivity contribution in [1.82, 2.24) is 9.97 Å². The zero-order chi connectivity index (χ0) is 22.1. The second kappa shape index (κ2) is 7.76. The summed E-state index contributed by atoms with van der Waals surface area (Å²) in [4.78, 5) is 27.1. The molecule has 0 aliphatic heterocycles. The fourth-order valence-corrected chi connectivity index (χ4v) is 2.64. The van der Waals surface area contributed by atoms with E-state index in [9.17, 15) is 35.9 Å². The van der Waals surface area contributed by atoms with Crippen LogP contribution in [0.2, 0.25) is 0 Å². The van der Waals surface area contributed by atoms with Crippen LogP contribution in [0, 0.1) is 11.3 Å². The highest BCUT2D eigenvalue weighted by Gasteiger charge is 2.39. The third kappa shape index (κ3) is 5.06. The van der Waals surface area contributed by atoms with Gasteiger partial charge in [-0.25, -0.2) is 4.79 Å². The number of benzene rings is 1. The highest BCUT2D eigenvalue weighted by atomic mass is 19.4. The molecule has 0 aliphatic rings. The van der Waals surface area contributed by atoms with Crippen LogP contribution in [0.5, 0.6) is 0 Å². The van der Waals surface area contributed by atoms with E-state index in [1.54, 1.807) is 18.8 Å². The minimum atomic E-state index is -5.16. The second-order valence-electron chi connectivity index (χ2n) is 6.52. The lowest BCUT2D eigenvalue weighted by Crippen LogP contribution is -2.36. The molecule has 1 heterocycles. The Morgan fingerprint density at radius 3 is 2.00 bits per heavy atom. The van der Waals surface area contributed by atoms with E-state index in [4.69, 9.17) is 5.41 Å². The van der Waals surface area contributed by atoms with Crippen LogP contribution >= 0.6 is 0 Å². The van der Waals surface area contributed by atoms with Crippen molar-refractivity contribution in [2.75, 3.05) is 5.32 Å². The largest absolute Gasteiger partial charge is 0.433 e. The average molecular weight is 422 g/mol. The molecule has 0 saturated carbocycles. The Balaban J connectivity index is 2.53. The molecule has 0 amide bonds. The minimum absolute atomic E-state index is 0.276. The number of alkyl halides is 6. The van der Waals surface area contributed by atoms with Gasteiger partial charge in [0.2, 0.25) is 0 Å². The van der Waals surface area contributed by atoms with Crippen LogP contribution in [0.25, 0.3) is 0 Å². The van der Waals surface area contributed by atoms with Gasteiger partial charge in [0.15, 0.2) is 5.71 Å². The number of rotatable bonds is 5. The van der Waals surface area contributed by atoms with Gasteiger partial charge in [0.1, 0.15) is 11.4 Å². The monoisotopic (exact) mass is 422 g/mol. The van der Waals surface area contributed by atoms with Crippen LogP contribution in [0.15, 0.2) is 33.9 Å². The van der Waals surface area contributed by atoms with Gasteiger partial charge in [-0.1, -0.05) is 26.0 Å². The van der Waals surface area contributed by atoms with Crippen molar-refractivity contribution in [1.29, 1.82) is 5.41 Å². The summed E-state index contributed by atoms with van der Waals surface area (Å²) >= 11 is 0. The predicted octanol–water partition coefficient (Wildman–Crippen LogP) is 3.82. The molecular weight excluding hydrogens is 406 g/mol. The Labute approximate surface area is 159 Å². The van der Waals surface area contributed by atoms with Crippen LogP contribution in [0.1, 0.15) is 36.6 Å². The molecule has 1 aromatic carbocycles. The van der Waals surface area contributed by atoms with Gasteiger partial charge < -0.3 is 5.32 Å². The van der Waals surface area contributed by atoms with Gasteiger partial charge in [-0.2, -0.15) is 26.3 Å². The maximum atomic E-state index is 13.0. The van der Waals surface area contributed by atoms with Crippen molar-refractivity contribution >= 4 is 11.5 Å². The van der Waals surface area contributed by atoms with Gasteiger partial charge in [0.05, 0.1) is 11.6 Å². The molecule has 2 aromatic rings. The van der Waals surface area contributed by atoms with Crippen molar-refractivity contribution in [2.24, 2.45) is 5.92 Å². The molecule has 2 rings (SSSR count). The standard InChI is InChI=1S/C17H16F6N4O2/c1-7(2)11(8-3-5-9(6-4-8)16(18,19)20)25-13-10(12(24)17(21,22)23)14(28)27-15(29)26-13/h3-7,11,24H,1-2H3,(H3,25,26,27,28,29). The first-order valence-electron chi connectivity index (χ1n) is 8.18. The normalized spacial score (nSPS) is 13.4. The highest BCUT2D eigenvalue weighted by Crippen LogP contribution is 2.32. The molecule has 0 spiro atoms. The van der Waals surface area contributed by atoms with Crippen molar-refractivity contribution in [3.8, 4) is 0 Å². The van der Waals surface area contributed by atoms with Crippen LogP contribution in [-0.4, -0.2) is 21.9 Å². The number of aromatic nitrogens is 2. The van der Waals surface area contributed by atoms with E-state index in [1.807, 2.05) is 4.98 Å². The van der Waals surface area contributed by atoms with E-state index in [0.717, 1.165) is 24.3 Å². The first-order valence-corrected chi connectivity index (χ1v) is 8.18. The molecule has 29 heavy (non-hydrogen) atoms. The van der Waals surface area contributed by atoms with E-state index < -0.39 is 52.3 Å². The maximum absolute atomic E-state index is 13.0. The second-order valence-corrected chi connectivity index (χ2v) is 6.52. The molecule has 0 bridgehead atoms. The molecular formula is C17H16F6N4O2. The minimum Gasteiger partial charge on any atom is -0.364 e. The fourth-order valence-electron chi connectivity index (χ4n) is 2.64. The summed E-state index contributed by atoms with van der Waals surface area (Å²) in [5, 5.41) is 9.81. The van der Waals surface area contributed by atoms with Crippen LogP contribution in [-0.2, 0) is 6.18 Å². The van der Waals surface area contributed by atoms with Crippen LogP contribution in [0.3, 0.4) is 0 Å².